The van der Waals surface area contributed by atoms with Crippen LogP contribution in [-0.4, -0.2) is 44.0 Å². The van der Waals surface area contributed by atoms with Crippen molar-refractivity contribution in [1.29, 1.82) is 0 Å². The van der Waals surface area contributed by atoms with Crippen molar-refractivity contribution < 1.29 is 19.1 Å². The zero-order valence-corrected chi connectivity index (χ0v) is 11.6. The highest BCUT2D eigenvalue weighted by molar-refractivity contribution is 5.96. The molecule has 0 radical (unpaired) electrons. The predicted molar refractivity (Wildman–Crippen MR) is 75.8 cm³/mol. The molecule has 2 amide bonds. The van der Waals surface area contributed by atoms with Crippen LogP contribution < -0.4 is 16.0 Å². The largest absolute Gasteiger partial charge is 0.465 e. The molecule has 1 heterocycles. The fraction of sp³-hybridized carbons (Fsp3) is 0.357. The number of hydrogen-bond acceptors (Lipinski definition) is 5. The van der Waals surface area contributed by atoms with Gasteiger partial charge < -0.3 is 20.7 Å². The van der Waals surface area contributed by atoms with E-state index in [-0.39, 0.29) is 18.2 Å². The lowest BCUT2D eigenvalue weighted by molar-refractivity contribution is -0.127. The Balaban J connectivity index is 1.90. The van der Waals surface area contributed by atoms with E-state index in [9.17, 15) is 14.4 Å². The lowest BCUT2D eigenvalue weighted by Crippen LogP contribution is -2.53. The number of benzene rings is 1. The second-order valence-corrected chi connectivity index (χ2v) is 4.62. The Morgan fingerprint density at radius 3 is 2.62 bits per heavy atom. The maximum absolute atomic E-state index is 11.9. The molecule has 1 aromatic carbocycles. The van der Waals surface area contributed by atoms with Crippen molar-refractivity contribution in [2.24, 2.45) is 0 Å². The lowest BCUT2D eigenvalue weighted by atomic mass is 10.1. The van der Waals surface area contributed by atoms with Gasteiger partial charge in [-0.25, -0.2) is 4.79 Å². The first-order valence-corrected chi connectivity index (χ1v) is 6.59. The second kappa shape index (κ2) is 6.85. The summed E-state index contributed by atoms with van der Waals surface area (Å²) in [4.78, 5) is 34.7. The summed E-state index contributed by atoms with van der Waals surface area (Å²) >= 11 is 0. The summed E-state index contributed by atoms with van der Waals surface area (Å²) in [6, 6.07) is 5.84. The first-order valence-electron chi connectivity index (χ1n) is 6.59. The van der Waals surface area contributed by atoms with Crippen LogP contribution in [-0.2, 0) is 14.3 Å². The van der Waals surface area contributed by atoms with Gasteiger partial charge in [-0.15, -0.1) is 0 Å². The van der Waals surface area contributed by atoms with E-state index in [2.05, 4.69) is 20.7 Å². The van der Waals surface area contributed by atoms with E-state index in [4.69, 9.17) is 0 Å². The van der Waals surface area contributed by atoms with Crippen molar-refractivity contribution in [2.75, 3.05) is 25.5 Å². The third kappa shape index (κ3) is 4.03. The third-order valence-corrected chi connectivity index (χ3v) is 3.11. The molecule has 3 N–H and O–H groups in total. The standard InChI is InChI=1S/C14H17N3O4/c1-21-14(20)9-2-4-10(5-3-9)17-12(18)8-11-13(19)16-7-6-15-11/h2-5,11,15H,6-8H2,1H3,(H,16,19)(H,17,18)/t11-/m1/s1. The average Bonchev–Trinajstić information content (AvgIpc) is 2.49. The Hall–Kier alpha value is -2.41. The number of esters is 1. The monoisotopic (exact) mass is 291 g/mol. The number of amides is 2. The number of methoxy groups -OCH3 is 1. The first kappa shape index (κ1) is 15.0. The van der Waals surface area contributed by atoms with Crippen molar-refractivity contribution >= 4 is 23.5 Å². The molecule has 0 aromatic heterocycles. The summed E-state index contributed by atoms with van der Waals surface area (Å²) in [6.07, 6.45) is 0.0601. The molecular formula is C14H17N3O4. The van der Waals surface area contributed by atoms with Crippen molar-refractivity contribution in [3.05, 3.63) is 29.8 Å². The Labute approximate surface area is 122 Å². The first-order chi connectivity index (χ1) is 10.1. The summed E-state index contributed by atoms with van der Waals surface area (Å²) in [5, 5.41) is 8.36. The average molecular weight is 291 g/mol. The molecule has 1 atom stereocenters. The van der Waals surface area contributed by atoms with E-state index in [1.807, 2.05) is 0 Å². The van der Waals surface area contributed by atoms with Crippen LogP contribution >= 0.6 is 0 Å². The van der Waals surface area contributed by atoms with E-state index in [1.165, 1.54) is 7.11 Å². The fourth-order valence-corrected chi connectivity index (χ4v) is 2.02. The van der Waals surface area contributed by atoms with Crippen LogP contribution in [0, 0.1) is 0 Å². The summed E-state index contributed by atoms with van der Waals surface area (Å²) in [7, 11) is 1.31. The number of piperazine rings is 1. The zero-order chi connectivity index (χ0) is 15.2. The Kier molecular flexibility index (Phi) is 4.89. The van der Waals surface area contributed by atoms with Crippen LogP contribution in [0.3, 0.4) is 0 Å². The molecule has 2 rings (SSSR count). The van der Waals surface area contributed by atoms with Gasteiger partial charge in [-0.2, -0.15) is 0 Å². The quantitative estimate of drug-likeness (QED) is 0.673. The predicted octanol–water partition coefficient (Wildman–Crippen LogP) is -0.110. The highest BCUT2D eigenvalue weighted by atomic mass is 16.5. The molecule has 1 aliphatic rings. The highest BCUT2D eigenvalue weighted by Crippen LogP contribution is 2.11. The van der Waals surface area contributed by atoms with E-state index < -0.39 is 12.0 Å². The normalized spacial score (nSPS) is 17.8. The molecule has 0 aliphatic carbocycles. The zero-order valence-electron chi connectivity index (χ0n) is 11.6. The number of anilines is 1. The summed E-state index contributed by atoms with van der Waals surface area (Å²) in [6.45, 7) is 1.23. The fourth-order valence-electron chi connectivity index (χ4n) is 2.02. The van der Waals surface area contributed by atoms with Gasteiger partial charge in [0, 0.05) is 18.8 Å². The van der Waals surface area contributed by atoms with Crippen LogP contribution in [0.15, 0.2) is 24.3 Å². The van der Waals surface area contributed by atoms with Gasteiger partial charge in [-0.05, 0) is 24.3 Å². The Morgan fingerprint density at radius 2 is 2.00 bits per heavy atom. The third-order valence-electron chi connectivity index (χ3n) is 3.11. The Bertz CT molecular complexity index is 542. The Morgan fingerprint density at radius 1 is 1.29 bits per heavy atom. The van der Waals surface area contributed by atoms with Crippen LogP contribution in [0.2, 0.25) is 0 Å². The van der Waals surface area contributed by atoms with E-state index in [0.717, 1.165) is 0 Å². The molecule has 1 fully saturated rings. The molecule has 0 saturated carbocycles. The number of carbonyl (C=O) groups is 3. The minimum atomic E-state index is -0.506. The minimum Gasteiger partial charge on any atom is -0.465 e. The molecule has 112 valence electrons. The van der Waals surface area contributed by atoms with Crippen LogP contribution in [0.5, 0.6) is 0 Å². The van der Waals surface area contributed by atoms with Gasteiger partial charge in [-0.3, -0.25) is 9.59 Å². The maximum Gasteiger partial charge on any atom is 0.337 e. The van der Waals surface area contributed by atoms with Gasteiger partial charge in [0.25, 0.3) is 0 Å². The second-order valence-electron chi connectivity index (χ2n) is 4.62. The smallest absolute Gasteiger partial charge is 0.337 e. The lowest BCUT2D eigenvalue weighted by Gasteiger charge is -2.22. The van der Waals surface area contributed by atoms with E-state index >= 15 is 0 Å². The summed E-state index contributed by atoms with van der Waals surface area (Å²) in [5.74, 6) is -0.872. The molecule has 1 aromatic rings. The van der Waals surface area contributed by atoms with Gasteiger partial charge in [0.05, 0.1) is 25.1 Å². The summed E-state index contributed by atoms with van der Waals surface area (Å²) in [5.41, 5.74) is 0.965. The molecule has 0 spiro atoms. The maximum atomic E-state index is 11.9. The van der Waals surface area contributed by atoms with Gasteiger partial charge in [0.2, 0.25) is 11.8 Å². The minimum absolute atomic E-state index is 0.0601. The molecule has 0 unspecified atom stereocenters. The van der Waals surface area contributed by atoms with Crippen LogP contribution in [0.25, 0.3) is 0 Å². The SMILES string of the molecule is COC(=O)c1ccc(NC(=O)C[C@H]2NCCNC2=O)cc1. The molecule has 0 bridgehead atoms. The van der Waals surface area contributed by atoms with Crippen molar-refractivity contribution in [2.45, 2.75) is 12.5 Å². The molecule has 7 heteroatoms. The summed E-state index contributed by atoms with van der Waals surface area (Å²) < 4.78 is 4.59. The van der Waals surface area contributed by atoms with Crippen LogP contribution in [0.1, 0.15) is 16.8 Å². The van der Waals surface area contributed by atoms with Crippen molar-refractivity contribution in [1.82, 2.24) is 10.6 Å². The highest BCUT2D eigenvalue weighted by Gasteiger charge is 2.23. The molecule has 1 aliphatic heterocycles. The van der Waals surface area contributed by atoms with Crippen LogP contribution in [0.4, 0.5) is 5.69 Å². The molecular weight excluding hydrogens is 274 g/mol. The molecule has 1 saturated heterocycles. The van der Waals surface area contributed by atoms with Crippen molar-refractivity contribution in [3.8, 4) is 0 Å². The number of nitrogens with one attached hydrogen (secondary N) is 3. The number of carbonyl (C=O) groups excluding carboxylic acids is 3. The van der Waals surface area contributed by atoms with Gasteiger partial charge in [0.1, 0.15) is 0 Å². The number of ether oxygens (including phenoxy) is 1. The number of hydrogen-bond donors (Lipinski definition) is 3. The van der Waals surface area contributed by atoms with Gasteiger partial charge >= 0.3 is 5.97 Å². The van der Waals surface area contributed by atoms with E-state index in [0.29, 0.717) is 24.3 Å². The number of rotatable bonds is 4. The molecule has 21 heavy (non-hydrogen) atoms. The van der Waals surface area contributed by atoms with E-state index in [1.54, 1.807) is 24.3 Å². The van der Waals surface area contributed by atoms with Crippen molar-refractivity contribution in [3.63, 3.8) is 0 Å². The molecule has 7 nitrogen and oxygen atoms in total. The van der Waals surface area contributed by atoms with Gasteiger partial charge in [-0.1, -0.05) is 0 Å². The topological polar surface area (TPSA) is 96.5 Å². The van der Waals surface area contributed by atoms with Gasteiger partial charge in [0.15, 0.2) is 0 Å².